The Labute approximate surface area is 146 Å². The largest absolute Gasteiger partial charge is 0.123 e. The summed E-state index contributed by atoms with van der Waals surface area (Å²) in [6, 6.07) is 22.1. The molecule has 0 heterocycles. The Balaban J connectivity index is 1.83. The van der Waals surface area contributed by atoms with E-state index < -0.39 is 8.80 Å². The molecular formula is C23H21Si. The van der Waals surface area contributed by atoms with Gasteiger partial charge in [0.15, 0.2) is 0 Å². The summed E-state index contributed by atoms with van der Waals surface area (Å²) in [4.78, 5) is 0. The summed E-state index contributed by atoms with van der Waals surface area (Å²) in [5.74, 6) is 0. The van der Waals surface area contributed by atoms with E-state index in [0.717, 1.165) is 12.8 Å². The van der Waals surface area contributed by atoms with Gasteiger partial charge in [-0.05, 0) is 24.0 Å². The number of rotatable bonds is 5. The molecule has 0 bridgehead atoms. The first-order valence-corrected chi connectivity index (χ1v) is 10.2. The Morgan fingerprint density at radius 1 is 0.625 bits per heavy atom. The molecule has 0 spiro atoms. The molecule has 2 aromatic rings. The zero-order valence-electron chi connectivity index (χ0n) is 13.7. The number of allylic oxidation sites excluding steroid dienone is 8. The molecule has 0 amide bonds. The summed E-state index contributed by atoms with van der Waals surface area (Å²) in [5.41, 5.74) is 3.35. The summed E-state index contributed by atoms with van der Waals surface area (Å²) in [6.07, 6.45) is 16.0. The monoisotopic (exact) mass is 325 g/mol. The molecule has 0 saturated carbocycles. The molecule has 1 radical (unpaired) electrons. The molecule has 0 atom stereocenters. The highest BCUT2D eigenvalue weighted by Gasteiger charge is 2.33. The van der Waals surface area contributed by atoms with Crippen molar-refractivity contribution in [3.05, 3.63) is 119 Å². The van der Waals surface area contributed by atoms with E-state index >= 15 is 0 Å². The first-order chi connectivity index (χ1) is 11.9. The quantitative estimate of drug-likeness (QED) is 0.618. The van der Waals surface area contributed by atoms with Crippen LogP contribution in [0.2, 0.25) is 0 Å². The number of benzene rings is 2. The molecule has 0 N–H and O–H groups in total. The Morgan fingerprint density at radius 2 is 1.08 bits per heavy atom. The van der Waals surface area contributed by atoms with Crippen molar-refractivity contribution in [3.63, 3.8) is 0 Å². The van der Waals surface area contributed by atoms with Crippen LogP contribution >= 0.6 is 0 Å². The lowest BCUT2D eigenvalue weighted by Crippen LogP contribution is -2.29. The molecule has 0 fully saturated rings. The van der Waals surface area contributed by atoms with Crippen LogP contribution in [0.3, 0.4) is 0 Å². The van der Waals surface area contributed by atoms with Crippen molar-refractivity contribution in [2.45, 2.75) is 18.4 Å². The Kier molecular flexibility index (Phi) is 4.44. The van der Waals surface area contributed by atoms with E-state index in [0.29, 0.717) is 5.54 Å². The van der Waals surface area contributed by atoms with Gasteiger partial charge >= 0.3 is 0 Å². The molecule has 4 rings (SSSR count). The molecule has 0 nitrogen and oxygen atoms in total. The fourth-order valence-electron chi connectivity index (χ4n) is 3.69. The highest BCUT2D eigenvalue weighted by Crippen LogP contribution is 2.37. The van der Waals surface area contributed by atoms with Crippen LogP contribution in [0.25, 0.3) is 0 Å². The minimum Gasteiger partial charge on any atom is -0.0809 e. The third-order valence-corrected chi connectivity index (χ3v) is 8.16. The van der Waals surface area contributed by atoms with Gasteiger partial charge in [0.1, 0.15) is 8.80 Å². The van der Waals surface area contributed by atoms with Crippen molar-refractivity contribution >= 4 is 8.80 Å². The second-order valence-corrected chi connectivity index (χ2v) is 9.01. The van der Waals surface area contributed by atoms with Gasteiger partial charge in [0, 0.05) is 5.54 Å². The van der Waals surface area contributed by atoms with Crippen molar-refractivity contribution in [1.82, 2.24) is 0 Å². The van der Waals surface area contributed by atoms with E-state index in [4.69, 9.17) is 0 Å². The van der Waals surface area contributed by atoms with Gasteiger partial charge in [-0.25, -0.2) is 0 Å². The van der Waals surface area contributed by atoms with Crippen LogP contribution in [0, 0.1) is 0 Å². The smallest absolute Gasteiger partial charge is 0.0809 e. The molecule has 0 aromatic heterocycles. The molecule has 0 aliphatic heterocycles. The van der Waals surface area contributed by atoms with Gasteiger partial charge in [0.05, 0.1) is 0 Å². The maximum absolute atomic E-state index is 2.37. The minimum atomic E-state index is -0.846. The van der Waals surface area contributed by atoms with Gasteiger partial charge < -0.3 is 0 Å². The summed E-state index contributed by atoms with van der Waals surface area (Å²) < 4.78 is 0. The van der Waals surface area contributed by atoms with Crippen LogP contribution in [0.4, 0.5) is 0 Å². The van der Waals surface area contributed by atoms with Crippen LogP contribution < -0.4 is 0 Å². The standard InChI is InChI=1S/C23H21Si/c1-3-11-19(12-4-1)23(20-13-5-2-6-14-20)24(21-15-7-8-16-21)22-17-9-10-18-22/h1-15,17,23H,16,18H2. The van der Waals surface area contributed by atoms with Crippen molar-refractivity contribution in [2.75, 3.05) is 0 Å². The SMILES string of the molecule is C1=CCC([Si](C2=CC=CC2)C(c2ccccc2)c2ccccc2)=C1. The lowest BCUT2D eigenvalue weighted by molar-refractivity contribution is 1.09. The average molecular weight is 326 g/mol. The van der Waals surface area contributed by atoms with E-state index in [9.17, 15) is 0 Å². The van der Waals surface area contributed by atoms with Crippen LogP contribution in [0.15, 0.2) is 108 Å². The lowest BCUT2D eigenvalue weighted by Gasteiger charge is -2.29. The molecule has 117 valence electrons. The summed E-state index contributed by atoms with van der Waals surface area (Å²) in [6.45, 7) is 0. The third-order valence-electron chi connectivity index (χ3n) is 4.79. The molecule has 2 aliphatic carbocycles. The first kappa shape index (κ1) is 15.2. The van der Waals surface area contributed by atoms with E-state index in [1.54, 1.807) is 10.4 Å². The summed E-state index contributed by atoms with van der Waals surface area (Å²) in [7, 11) is -0.846. The van der Waals surface area contributed by atoms with Crippen LogP contribution in [-0.2, 0) is 0 Å². The fourth-order valence-corrected chi connectivity index (χ4v) is 7.12. The van der Waals surface area contributed by atoms with Gasteiger partial charge in [0.2, 0.25) is 0 Å². The maximum Gasteiger partial charge on any atom is 0.123 e. The van der Waals surface area contributed by atoms with Gasteiger partial charge in [0.25, 0.3) is 0 Å². The minimum absolute atomic E-state index is 0.467. The van der Waals surface area contributed by atoms with Gasteiger partial charge in [-0.3, -0.25) is 0 Å². The predicted octanol–water partition coefficient (Wildman–Crippen LogP) is 5.70. The molecule has 24 heavy (non-hydrogen) atoms. The van der Waals surface area contributed by atoms with E-state index in [2.05, 4.69) is 97.1 Å². The van der Waals surface area contributed by atoms with Crippen molar-refractivity contribution in [1.29, 1.82) is 0 Å². The maximum atomic E-state index is 2.37. The van der Waals surface area contributed by atoms with Crippen LogP contribution in [0.5, 0.6) is 0 Å². The highest BCUT2D eigenvalue weighted by molar-refractivity contribution is 6.76. The van der Waals surface area contributed by atoms with E-state index in [1.165, 1.54) is 11.1 Å². The fraction of sp³-hybridized carbons (Fsp3) is 0.130. The van der Waals surface area contributed by atoms with Crippen LogP contribution in [-0.4, -0.2) is 8.80 Å². The molecule has 2 aliphatic rings. The second-order valence-electron chi connectivity index (χ2n) is 6.32. The van der Waals surface area contributed by atoms with Crippen LogP contribution in [0.1, 0.15) is 29.5 Å². The molecule has 1 heteroatoms. The van der Waals surface area contributed by atoms with Crippen molar-refractivity contribution < 1.29 is 0 Å². The Hall–Kier alpha value is -2.38. The summed E-state index contributed by atoms with van der Waals surface area (Å²) >= 11 is 0. The molecular weight excluding hydrogens is 304 g/mol. The van der Waals surface area contributed by atoms with E-state index in [-0.39, 0.29) is 0 Å². The molecule has 0 unspecified atom stereocenters. The number of hydrogen-bond acceptors (Lipinski definition) is 0. The third kappa shape index (κ3) is 3.00. The van der Waals surface area contributed by atoms with Crippen molar-refractivity contribution in [3.8, 4) is 0 Å². The van der Waals surface area contributed by atoms with Gasteiger partial charge in [-0.2, -0.15) is 0 Å². The Bertz CT molecular complexity index is 740. The van der Waals surface area contributed by atoms with Crippen molar-refractivity contribution in [2.24, 2.45) is 0 Å². The number of hydrogen-bond donors (Lipinski definition) is 0. The average Bonchev–Trinajstić information content (AvgIpc) is 3.35. The van der Waals surface area contributed by atoms with Gasteiger partial charge in [-0.15, -0.1) is 0 Å². The summed E-state index contributed by atoms with van der Waals surface area (Å²) in [5, 5.41) is 3.26. The predicted molar refractivity (Wildman–Crippen MR) is 104 cm³/mol. The van der Waals surface area contributed by atoms with E-state index in [1.807, 2.05) is 0 Å². The zero-order valence-corrected chi connectivity index (χ0v) is 14.7. The zero-order chi connectivity index (χ0) is 16.2. The highest BCUT2D eigenvalue weighted by atomic mass is 28.3. The topological polar surface area (TPSA) is 0 Å². The van der Waals surface area contributed by atoms with Gasteiger partial charge in [-0.1, -0.05) is 108 Å². The molecule has 2 aromatic carbocycles. The first-order valence-electron chi connectivity index (χ1n) is 8.62. The lowest BCUT2D eigenvalue weighted by atomic mass is 10.0. The second kappa shape index (κ2) is 7.02. The molecule has 0 saturated heterocycles. The normalized spacial score (nSPS) is 16.1. The Morgan fingerprint density at radius 3 is 1.46 bits per heavy atom.